The summed E-state index contributed by atoms with van der Waals surface area (Å²) < 4.78 is 22.2. The summed E-state index contributed by atoms with van der Waals surface area (Å²) in [6.07, 6.45) is -4.32. The average Bonchev–Trinajstić information content (AvgIpc) is 3.69. The molecule has 1 aliphatic rings. The van der Waals surface area contributed by atoms with Crippen LogP contribution in [0.2, 0.25) is 0 Å². The van der Waals surface area contributed by atoms with Gasteiger partial charge in [0.15, 0.2) is 17.4 Å². The van der Waals surface area contributed by atoms with Crippen LogP contribution in [0.1, 0.15) is 51.3 Å². The molecule has 0 bridgehead atoms. The Hall–Kier alpha value is -6.40. The van der Waals surface area contributed by atoms with Gasteiger partial charge in [-0.2, -0.15) is 0 Å². The van der Waals surface area contributed by atoms with E-state index in [9.17, 15) is 48.7 Å². The monoisotopic (exact) mass is 815 g/mol. The van der Waals surface area contributed by atoms with E-state index >= 15 is 0 Å². The Kier molecular flexibility index (Phi) is 12.6. The third-order valence-electron chi connectivity index (χ3n) is 8.37. The topological polar surface area (TPSA) is 386 Å². The van der Waals surface area contributed by atoms with Crippen molar-refractivity contribution in [2.45, 2.75) is 50.0 Å². The van der Waals surface area contributed by atoms with Crippen LogP contribution in [0.4, 0.5) is 11.6 Å². The summed E-state index contributed by atoms with van der Waals surface area (Å²) in [5.74, 6) is -5.62. The number of phosphoric ester groups is 1. The van der Waals surface area contributed by atoms with Crippen LogP contribution in [0.5, 0.6) is 0 Å². The van der Waals surface area contributed by atoms with Crippen molar-refractivity contribution in [2.75, 3.05) is 17.2 Å². The van der Waals surface area contributed by atoms with Crippen LogP contribution in [-0.2, 0) is 34.8 Å². The number of carbonyl (C=O) groups is 5. The number of aliphatic carboxylic acids is 2. The van der Waals surface area contributed by atoms with Crippen molar-refractivity contribution in [3.8, 4) is 0 Å². The third-order valence-corrected chi connectivity index (χ3v) is 8.86. The molecule has 1 aliphatic heterocycles. The fourth-order valence-corrected chi connectivity index (χ4v) is 5.97. The molecule has 0 spiro atoms. The van der Waals surface area contributed by atoms with Gasteiger partial charge in [0.05, 0.1) is 36.4 Å². The normalized spacial score (nSPS) is 18.7. The Morgan fingerprint density at radius 3 is 2.40 bits per heavy atom. The lowest BCUT2D eigenvalue weighted by molar-refractivity contribution is -0.140. The number of hydrogen-bond donors (Lipinski definition) is 10. The van der Waals surface area contributed by atoms with Crippen molar-refractivity contribution in [1.29, 1.82) is 0 Å². The largest absolute Gasteiger partial charge is 0.481 e. The van der Waals surface area contributed by atoms with E-state index in [1.807, 2.05) is 0 Å². The van der Waals surface area contributed by atoms with Crippen molar-refractivity contribution in [3.63, 3.8) is 0 Å². The second-order valence-electron chi connectivity index (χ2n) is 12.3. The summed E-state index contributed by atoms with van der Waals surface area (Å²) in [6, 6.07) is 6.55. The van der Waals surface area contributed by atoms with Crippen molar-refractivity contribution in [1.82, 2.24) is 29.8 Å². The zero-order chi connectivity index (χ0) is 41.8. The van der Waals surface area contributed by atoms with Crippen LogP contribution in [0, 0.1) is 0 Å². The number of phosphoric acid groups is 1. The molecule has 1 fully saturated rings. The first-order valence-electron chi connectivity index (χ1n) is 16.4. The number of rotatable bonds is 16. The average molecular weight is 816 g/mol. The number of nitrogens with zero attached hydrogens (tertiary/aromatic N) is 5. The number of hydrogen-bond acceptors (Lipinski definition) is 15. The van der Waals surface area contributed by atoms with Gasteiger partial charge in [0.25, 0.3) is 23.3 Å². The van der Waals surface area contributed by atoms with Crippen LogP contribution in [0.3, 0.4) is 0 Å². The van der Waals surface area contributed by atoms with Gasteiger partial charge >= 0.3 is 19.8 Å². The molecule has 0 saturated carbocycles. The number of fused-ring (bicyclic) bond motifs is 1. The number of pyridine rings is 1. The summed E-state index contributed by atoms with van der Waals surface area (Å²) in [7, 11) is -4.99. The highest BCUT2D eigenvalue weighted by Gasteiger charge is 2.45. The van der Waals surface area contributed by atoms with E-state index in [1.165, 1.54) is 36.4 Å². The van der Waals surface area contributed by atoms with Gasteiger partial charge in [-0.25, -0.2) is 24.3 Å². The fraction of sp³-hybridized carbons (Fsp3) is 0.281. The van der Waals surface area contributed by atoms with E-state index in [-0.39, 0.29) is 52.6 Å². The van der Waals surface area contributed by atoms with Crippen LogP contribution >= 0.6 is 7.82 Å². The Morgan fingerprint density at radius 2 is 1.77 bits per heavy atom. The van der Waals surface area contributed by atoms with Crippen molar-refractivity contribution in [3.05, 3.63) is 81.8 Å². The van der Waals surface area contributed by atoms with Crippen molar-refractivity contribution >= 4 is 66.2 Å². The number of nitrogens with one attached hydrogen (secondary N) is 2. The van der Waals surface area contributed by atoms with Crippen molar-refractivity contribution in [2.24, 2.45) is 5.73 Å². The molecule has 1 aromatic carbocycles. The van der Waals surface area contributed by atoms with Gasteiger partial charge in [0.1, 0.15) is 24.4 Å². The predicted octanol–water partition coefficient (Wildman–Crippen LogP) is -1.78. The minimum Gasteiger partial charge on any atom is -0.481 e. The van der Waals surface area contributed by atoms with E-state index in [1.54, 1.807) is 0 Å². The predicted molar refractivity (Wildman–Crippen MR) is 192 cm³/mol. The number of imidazole rings is 1. The summed E-state index contributed by atoms with van der Waals surface area (Å²) in [4.78, 5) is 108. The number of benzene rings is 1. The smallest absolute Gasteiger partial charge is 0.469 e. The lowest BCUT2D eigenvalue weighted by Gasteiger charge is -2.22. The number of aromatic nitrogens is 5. The highest BCUT2D eigenvalue weighted by atomic mass is 31.2. The second-order valence-corrected chi connectivity index (χ2v) is 13.5. The molecule has 24 nitrogen and oxygen atoms in total. The van der Waals surface area contributed by atoms with Gasteiger partial charge < -0.3 is 61.2 Å². The van der Waals surface area contributed by atoms with Crippen LogP contribution in [0.25, 0.3) is 17.1 Å². The molecule has 302 valence electrons. The molecule has 1 saturated heterocycles. The summed E-state index contributed by atoms with van der Waals surface area (Å²) >= 11 is 0. The Balaban J connectivity index is 1.48. The molecule has 4 aromatic rings. The SMILES string of the molecule is NC(=O)c1ncn([C@@H]2O[C@H](COP(=O)(O)O)[C@@H](O)[C@H]2O)c1/C=C/C(=O)N(Cc1ccc2nc(N)[nH]c(=O)c2n1)c1ccc(C(=O)N[C@@H](CCC(=O)O)C(=O)O)cc1. The first kappa shape index (κ1) is 41.8. The fourth-order valence-electron chi connectivity index (χ4n) is 5.62. The van der Waals surface area contributed by atoms with Gasteiger partial charge in [-0.15, -0.1) is 0 Å². The zero-order valence-electron chi connectivity index (χ0n) is 29.1. The first-order chi connectivity index (χ1) is 26.8. The molecular formula is C32H34N9O15P. The van der Waals surface area contributed by atoms with E-state index in [0.29, 0.717) is 0 Å². The van der Waals surface area contributed by atoms with E-state index in [4.69, 9.17) is 31.1 Å². The van der Waals surface area contributed by atoms with E-state index in [2.05, 4.69) is 29.8 Å². The third kappa shape index (κ3) is 10.1. The molecule has 12 N–H and O–H groups in total. The Bertz CT molecular complexity index is 2340. The molecule has 5 rings (SSSR count). The highest BCUT2D eigenvalue weighted by molar-refractivity contribution is 7.46. The van der Waals surface area contributed by atoms with Gasteiger partial charge in [-0.1, -0.05) is 0 Å². The quantitative estimate of drug-likeness (QED) is 0.0441. The lowest BCUT2D eigenvalue weighted by Crippen LogP contribution is -2.41. The number of amides is 3. The molecule has 57 heavy (non-hydrogen) atoms. The first-order valence-corrected chi connectivity index (χ1v) is 17.9. The molecule has 0 unspecified atom stereocenters. The van der Waals surface area contributed by atoms with Gasteiger partial charge in [-0.05, 0) is 48.9 Å². The number of aliphatic hydroxyl groups excluding tert-OH is 2. The molecule has 5 atom stereocenters. The lowest BCUT2D eigenvalue weighted by atomic mass is 10.1. The molecule has 4 heterocycles. The maximum absolute atomic E-state index is 14.0. The Morgan fingerprint density at radius 1 is 1.07 bits per heavy atom. The van der Waals surface area contributed by atoms with Gasteiger partial charge in [0, 0.05) is 23.7 Å². The number of nitrogens with two attached hydrogens (primary N) is 2. The number of H-pyrrole nitrogens is 1. The van der Waals surface area contributed by atoms with Crippen LogP contribution < -0.4 is 27.2 Å². The van der Waals surface area contributed by atoms with Gasteiger partial charge in [0.2, 0.25) is 5.95 Å². The summed E-state index contributed by atoms with van der Waals surface area (Å²) in [5.41, 5.74) is 10.1. The standard InChI is InChI=1S/C32H34N9O15P/c33-27(47)24-19(41(13-35-24)30-26(46)25(45)20(56-30)12-55-57(52,53)54)8-9-21(42)40(11-15-3-6-17-23(36-15)29(49)39-32(34)38-17)16-4-1-14(2-5-16)28(48)37-18(31(50)51)7-10-22(43)44/h1-6,8-9,13,18,20,25-26,30,45-46H,7,10-12H2,(H2,33,47)(H,37,48)(H,43,44)(H,50,51)(H2,52,53,54)(H3,34,38,39,49)/b9-8+/t18-,20+,25+,26+,30+/m0/s1. The van der Waals surface area contributed by atoms with Crippen molar-refractivity contribution < 1.29 is 68.0 Å². The van der Waals surface area contributed by atoms with Crippen LogP contribution in [-0.4, -0.2) is 115 Å². The summed E-state index contributed by atoms with van der Waals surface area (Å²) in [6.45, 7) is -1.16. The minimum absolute atomic E-state index is 0.0564. The molecule has 25 heteroatoms. The number of carbonyl (C=O) groups excluding carboxylic acids is 3. The maximum Gasteiger partial charge on any atom is 0.469 e. The zero-order valence-corrected chi connectivity index (χ0v) is 30.0. The molecular weight excluding hydrogens is 781 g/mol. The number of primary amides is 1. The van der Waals surface area contributed by atoms with Crippen LogP contribution in [0.15, 0.2) is 53.6 Å². The minimum atomic E-state index is -4.99. The number of nitrogen functional groups attached to an aromatic ring is 1. The number of anilines is 2. The second kappa shape index (κ2) is 17.2. The number of carboxylic acids is 2. The number of carboxylic acid groups (broad SMARTS) is 2. The molecule has 3 aromatic heterocycles. The van der Waals surface area contributed by atoms with E-state index in [0.717, 1.165) is 27.9 Å². The maximum atomic E-state index is 14.0. The number of ether oxygens (including phenoxy) is 1. The van der Waals surface area contributed by atoms with Gasteiger partial charge in [-0.3, -0.25) is 33.5 Å². The molecule has 0 radical (unpaired) electrons. The Labute approximate surface area is 318 Å². The highest BCUT2D eigenvalue weighted by Crippen LogP contribution is 2.39. The van der Waals surface area contributed by atoms with E-state index < -0.39 is 92.3 Å². The summed E-state index contributed by atoms with van der Waals surface area (Å²) in [5, 5.41) is 41.8. The molecule has 3 amide bonds. The number of aliphatic hydroxyl groups is 2. The number of aromatic amines is 1. The molecule has 0 aliphatic carbocycles.